The number of aromatic nitrogens is 4. The van der Waals surface area contributed by atoms with Crippen LogP contribution in [0.2, 0.25) is 0 Å². The highest BCUT2D eigenvalue weighted by Gasteiger charge is 2.43. The molecule has 29 heavy (non-hydrogen) atoms. The van der Waals surface area contributed by atoms with Crippen molar-refractivity contribution in [2.75, 3.05) is 13.7 Å². The van der Waals surface area contributed by atoms with Gasteiger partial charge < -0.3 is 25.0 Å². The summed E-state index contributed by atoms with van der Waals surface area (Å²) in [6.45, 7) is 0.362. The average molecular weight is 397 g/mol. The molecule has 3 aromatic rings. The fourth-order valence-corrected chi connectivity index (χ4v) is 3.41. The Bertz CT molecular complexity index is 993. The zero-order chi connectivity index (χ0) is 20.4. The summed E-state index contributed by atoms with van der Waals surface area (Å²) in [5.41, 5.74) is 2.84. The molecule has 0 aliphatic carbocycles. The lowest BCUT2D eigenvalue weighted by Crippen LogP contribution is -2.33. The molecule has 152 valence electrons. The lowest BCUT2D eigenvalue weighted by atomic mass is 10.1. The minimum absolute atomic E-state index is 0.391. The van der Waals surface area contributed by atoms with Crippen LogP contribution in [0.15, 0.2) is 49.2 Å². The van der Waals surface area contributed by atoms with Gasteiger partial charge >= 0.3 is 0 Å². The van der Waals surface area contributed by atoms with E-state index in [0.717, 1.165) is 6.54 Å². The molecule has 0 saturated carbocycles. The van der Waals surface area contributed by atoms with Gasteiger partial charge in [0.05, 0.1) is 18.6 Å². The van der Waals surface area contributed by atoms with Crippen molar-refractivity contribution in [3.05, 3.63) is 60.4 Å². The number of aliphatic hydroxyl groups is 3. The largest absolute Gasteiger partial charge is 0.394 e. The van der Waals surface area contributed by atoms with Gasteiger partial charge in [-0.05, 0) is 11.6 Å². The first-order valence-electron chi connectivity index (χ1n) is 9.31. The zero-order valence-corrected chi connectivity index (χ0v) is 15.9. The molecule has 0 amide bonds. The Morgan fingerprint density at radius 1 is 1.14 bits per heavy atom. The fraction of sp³-hybridized carbons (Fsp3) is 0.350. The predicted octanol–water partition coefficient (Wildman–Crippen LogP) is 0.540. The molecular formula is C20H23N5O4. The molecule has 0 unspecified atom stereocenters. The van der Waals surface area contributed by atoms with Crippen LogP contribution in [-0.2, 0) is 11.3 Å². The highest BCUT2D eigenvalue weighted by molar-refractivity contribution is 5.79. The molecular weight excluding hydrogens is 374 g/mol. The molecule has 9 nitrogen and oxygen atoms in total. The Balaban J connectivity index is 1.56. The molecule has 9 heteroatoms. The molecule has 2 aromatic heterocycles. The fourth-order valence-electron chi connectivity index (χ4n) is 3.41. The molecule has 1 aromatic carbocycles. The SMILES string of the molecule is CN(/C=C/c1ncnc2c1ncn2[C@H]1O[C@@H](CO)[C@H](O)[C@@H]1O)Cc1ccccc1. The summed E-state index contributed by atoms with van der Waals surface area (Å²) in [4.78, 5) is 15.0. The van der Waals surface area contributed by atoms with Gasteiger partial charge in [-0.25, -0.2) is 15.0 Å². The summed E-state index contributed by atoms with van der Waals surface area (Å²) in [5.74, 6) is 0. The smallest absolute Gasteiger partial charge is 0.166 e. The maximum absolute atomic E-state index is 10.3. The molecule has 1 aliphatic heterocycles. The maximum Gasteiger partial charge on any atom is 0.166 e. The van der Waals surface area contributed by atoms with Crippen molar-refractivity contribution >= 4 is 17.2 Å². The van der Waals surface area contributed by atoms with Crippen LogP contribution >= 0.6 is 0 Å². The van der Waals surface area contributed by atoms with Crippen LogP contribution < -0.4 is 0 Å². The van der Waals surface area contributed by atoms with E-state index in [9.17, 15) is 15.3 Å². The average Bonchev–Trinajstić information content (AvgIpc) is 3.29. The Morgan fingerprint density at radius 2 is 1.93 bits per heavy atom. The first-order chi connectivity index (χ1) is 14.1. The highest BCUT2D eigenvalue weighted by atomic mass is 16.6. The van der Waals surface area contributed by atoms with E-state index >= 15 is 0 Å². The molecule has 4 atom stereocenters. The number of nitrogens with zero attached hydrogens (tertiary/aromatic N) is 5. The number of hydrogen-bond acceptors (Lipinski definition) is 8. The van der Waals surface area contributed by atoms with Gasteiger partial charge in [0.1, 0.15) is 30.2 Å². The topological polar surface area (TPSA) is 117 Å². The lowest BCUT2D eigenvalue weighted by molar-refractivity contribution is -0.0511. The Kier molecular flexibility index (Phi) is 5.54. The van der Waals surface area contributed by atoms with Gasteiger partial charge in [-0.2, -0.15) is 0 Å². The molecule has 1 aliphatic rings. The van der Waals surface area contributed by atoms with Crippen LogP contribution in [0.5, 0.6) is 0 Å². The van der Waals surface area contributed by atoms with Crippen molar-refractivity contribution < 1.29 is 20.1 Å². The van der Waals surface area contributed by atoms with Gasteiger partial charge in [0.15, 0.2) is 11.9 Å². The van der Waals surface area contributed by atoms with E-state index in [1.807, 2.05) is 42.4 Å². The summed E-state index contributed by atoms with van der Waals surface area (Å²) < 4.78 is 7.13. The number of rotatable bonds is 6. The summed E-state index contributed by atoms with van der Waals surface area (Å²) in [7, 11) is 1.97. The van der Waals surface area contributed by atoms with Gasteiger partial charge in [-0.1, -0.05) is 30.3 Å². The third kappa shape index (κ3) is 3.85. The summed E-state index contributed by atoms with van der Waals surface area (Å²) in [5, 5.41) is 29.6. The number of benzene rings is 1. The third-order valence-corrected chi connectivity index (χ3v) is 4.94. The molecule has 3 N–H and O–H groups in total. The van der Waals surface area contributed by atoms with Crippen LogP contribution in [-0.4, -0.2) is 71.7 Å². The van der Waals surface area contributed by atoms with E-state index in [1.165, 1.54) is 18.2 Å². The van der Waals surface area contributed by atoms with Gasteiger partial charge in [0.2, 0.25) is 0 Å². The Hall–Kier alpha value is -2.85. The predicted molar refractivity (Wildman–Crippen MR) is 105 cm³/mol. The van der Waals surface area contributed by atoms with E-state index in [4.69, 9.17) is 4.74 Å². The van der Waals surface area contributed by atoms with Crippen molar-refractivity contribution in [3.63, 3.8) is 0 Å². The lowest BCUT2D eigenvalue weighted by Gasteiger charge is -2.16. The van der Waals surface area contributed by atoms with Crippen molar-refractivity contribution in [1.29, 1.82) is 0 Å². The monoisotopic (exact) mass is 397 g/mol. The minimum atomic E-state index is -1.20. The molecule has 0 bridgehead atoms. The van der Waals surface area contributed by atoms with Gasteiger partial charge in [0.25, 0.3) is 0 Å². The van der Waals surface area contributed by atoms with Gasteiger partial charge in [-0.3, -0.25) is 4.57 Å². The zero-order valence-electron chi connectivity index (χ0n) is 15.9. The maximum atomic E-state index is 10.3. The number of imidazole rings is 1. The van der Waals surface area contributed by atoms with E-state index in [0.29, 0.717) is 16.9 Å². The number of hydrogen-bond donors (Lipinski definition) is 3. The van der Waals surface area contributed by atoms with Crippen LogP contribution in [0, 0.1) is 0 Å². The van der Waals surface area contributed by atoms with E-state index < -0.39 is 31.1 Å². The minimum Gasteiger partial charge on any atom is -0.394 e. The molecule has 3 heterocycles. The van der Waals surface area contributed by atoms with Crippen molar-refractivity contribution in [1.82, 2.24) is 24.4 Å². The van der Waals surface area contributed by atoms with Crippen LogP contribution in [0.3, 0.4) is 0 Å². The van der Waals surface area contributed by atoms with E-state index in [-0.39, 0.29) is 0 Å². The van der Waals surface area contributed by atoms with Crippen molar-refractivity contribution in [3.8, 4) is 0 Å². The first kappa shape index (κ1) is 19.5. The second-order valence-electron chi connectivity index (χ2n) is 7.03. The molecule has 0 radical (unpaired) electrons. The standard InChI is InChI=1S/C20H23N5O4/c1-24(9-13-5-3-2-4-6-13)8-7-14-16-19(22-11-21-14)25(12-23-16)20-18(28)17(27)15(10-26)29-20/h2-8,11-12,15,17-18,20,26-28H,9-10H2,1H3/b8-7+/t15-,17-,18-,20-/m0/s1. The van der Waals surface area contributed by atoms with E-state index in [1.54, 1.807) is 4.57 Å². The van der Waals surface area contributed by atoms with Crippen molar-refractivity contribution in [2.24, 2.45) is 0 Å². The van der Waals surface area contributed by atoms with Crippen LogP contribution in [0.25, 0.3) is 17.2 Å². The highest BCUT2D eigenvalue weighted by Crippen LogP contribution is 2.31. The van der Waals surface area contributed by atoms with Crippen molar-refractivity contribution in [2.45, 2.75) is 31.1 Å². The number of fused-ring (bicyclic) bond motifs is 1. The molecule has 4 rings (SSSR count). The van der Waals surface area contributed by atoms with E-state index in [2.05, 4.69) is 27.1 Å². The van der Waals surface area contributed by atoms with Gasteiger partial charge in [-0.15, -0.1) is 0 Å². The molecule has 1 fully saturated rings. The normalized spacial score (nSPS) is 24.6. The first-order valence-corrected chi connectivity index (χ1v) is 9.31. The van der Waals surface area contributed by atoms with Crippen LogP contribution in [0.4, 0.5) is 0 Å². The molecule has 1 saturated heterocycles. The summed E-state index contributed by atoms with van der Waals surface area (Å²) in [6, 6.07) is 10.1. The quantitative estimate of drug-likeness (QED) is 0.552. The number of aliphatic hydroxyl groups excluding tert-OH is 3. The van der Waals surface area contributed by atoms with Gasteiger partial charge in [0, 0.05) is 19.8 Å². The Labute approximate surface area is 167 Å². The van der Waals surface area contributed by atoms with Crippen LogP contribution in [0.1, 0.15) is 17.5 Å². The Morgan fingerprint density at radius 3 is 2.66 bits per heavy atom. The number of ether oxygens (including phenoxy) is 1. The second kappa shape index (κ2) is 8.26. The third-order valence-electron chi connectivity index (χ3n) is 4.94. The molecule has 0 spiro atoms. The summed E-state index contributed by atoms with van der Waals surface area (Å²) >= 11 is 0. The second-order valence-corrected chi connectivity index (χ2v) is 7.03. The summed E-state index contributed by atoms with van der Waals surface area (Å²) in [6.07, 6.45) is 2.54.